The van der Waals surface area contributed by atoms with Gasteiger partial charge in [-0.15, -0.1) is 0 Å². The predicted octanol–water partition coefficient (Wildman–Crippen LogP) is 3.59. The molecule has 5 heteroatoms. The molecule has 0 unspecified atom stereocenters. The van der Waals surface area contributed by atoms with Gasteiger partial charge in [-0.05, 0) is 48.2 Å². The molecule has 2 fully saturated rings. The molecular weight excluding hydrogens is 339 g/mol. The molecule has 1 aliphatic heterocycles. The Kier molecular flexibility index (Phi) is 4.26. The van der Waals surface area contributed by atoms with Gasteiger partial charge in [0.25, 0.3) is 0 Å². The number of halogens is 2. The summed E-state index contributed by atoms with van der Waals surface area (Å²) in [6, 6.07) is 14.2. The SMILES string of the molecule is O=C(NC1(c2ccc(F)cc2)CC1)[C@H]1CNC[C@@H]1c1ccc(Cl)cc1. The van der Waals surface area contributed by atoms with Gasteiger partial charge < -0.3 is 10.6 Å². The highest BCUT2D eigenvalue weighted by molar-refractivity contribution is 6.30. The number of nitrogens with one attached hydrogen (secondary N) is 2. The summed E-state index contributed by atoms with van der Waals surface area (Å²) >= 11 is 5.97. The molecule has 0 aromatic heterocycles. The highest BCUT2D eigenvalue weighted by Crippen LogP contribution is 2.46. The van der Waals surface area contributed by atoms with Crippen molar-refractivity contribution in [2.45, 2.75) is 24.3 Å². The van der Waals surface area contributed by atoms with Crippen LogP contribution in [-0.2, 0) is 10.3 Å². The van der Waals surface area contributed by atoms with Crippen LogP contribution in [0.15, 0.2) is 48.5 Å². The van der Waals surface area contributed by atoms with Gasteiger partial charge in [0, 0.05) is 24.0 Å². The lowest BCUT2D eigenvalue weighted by molar-refractivity contribution is -0.125. The van der Waals surface area contributed by atoms with Crippen LogP contribution >= 0.6 is 11.6 Å². The van der Waals surface area contributed by atoms with Crippen LogP contribution < -0.4 is 10.6 Å². The number of hydrogen-bond acceptors (Lipinski definition) is 2. The third-order valence-electron chi connectivity index (χ3n) is 5.36. The standard InChI is InChI=1S/C20H20ClFN2O/c21-15-5-1-13(2-6-15)17-11-23-12-18(17)19(25)24-20(9-10-20)14-3-7-16(22)8-4-14/h1-8,17-18,23H,9-12H2,(H,24,25)/t17-,18+/m1/s1. The van der Waals surface area contributed by atoms with Gasteiger partial charge in [0.2, 0.25) is 5.91 Å². The van der Waals surface area contributed by atoms with Gasteiger partial charge in [-0.2, -0.15) is 0 Å². The van der Waals surface area contributed by atoms with E-state index in [0.717, 1.165) is 30.5 Å². The monoisotopic (exact) mass is 358 g/mol. The quantitative estimate of drug-likeness (QED) is 0.877. The molecule has 0 radical (unpaired) electrons. The van der Waals surface area contributed by atoms with Gasteiger partial charge in [-0.1, -0.05) is 35.9 Å². The Morgan fingerprint density at radius 3 is 2.40 bits per heavy atom. The van der Waals surface area contributed by atoms with Crippen molar-refractivity contribution >= 4 is 17.5 Å². The molecule has 1 saturated heterocycles. The second-order valence-corrected chi connectivity index (χ2v) is 7.44. The molecule has 1 heterocycles. The van der Waals surface area contributed by atoms with Crippen molar-refractivity contribution in [2.24, 2.45) is 5.92 Å². The van der Waals surface area contributed by atoms with E-state index in [1.54, 1.807) is 12.1 Å². The summed E-state index contributed by atoms with van der Waals surface area (Å²) < 4.78 is 13.2. The van der Waals surface area contributed by atoms with Crippen molar-refractivity contribution in [1.82, 2.24) is 10.6 Å². The van der Waals surface area contributed by atoms with Gasteiger partial charge in [-0.25, -0.2) is 4.39 Å². The molecule has 2 atom stereocenters. The number of carbonyl (C=O) groups excluding carboxylic acids is 1. The van der Waals surface area contributed by atoms with E-state index in [-0.39, 0.29) is 29.1 Å². The summed E-state index contributed by atoms with van der Waals surface area (Å²) in [5, 5.41) is 7.25. The van der Waals surface area contributed by atoms with Crippen molar-refractivity contribution in [3.63, 3.8) is 0 Å². The first-order valence-electron chi connectivity index (χ1n) is 8.62. The minimum atomic E-state index is -0.322. The van der Waals surface area contributed by atoms with Crippen molar-refractivity contribution in [2.75, 3.05) is 13.1 Å². The molecule has 1 amide bonds. The van der Waals surface area contributed by atoms with E-state index in [9.17, 15) is 9.18 Å². The Morgan fingerprint density at radius 1 is 1.08 bits per heavy atom. The van der Waals surface area contributed by atoms with Gasteiger partial charge in [0.15, 0.2) is 0 Å². The predicted molar refractivity (Wildman–Crippen MR) is 96.0 cm³/mol. The summed E-state index contributed by atoms with van der Waals surface area (Å²) in [6.45, 7) is 1.45. The van der Waals surface area contributed by atoms with E-state index in [2.05, 4.69) is 10.6 Å². The third-order valence-corrected chi connectivity index (χ3v) is 5.61. The molecule has 0 spiro atoms. The lowest BCUT2D eigenvalue weighted by Gasteiger charge is -2.24. The summed E-state index contributed by atoms with van der Waals surface area (Å²) in [4.78, 5) is 12.9. The number of benzene rings is 2. The maximum absolute atomic E-state index is 13.2. The zero-order valence-electron chi connectivity index (χ0n) is 13.8. The summed E-state index contributed by atoms with van der Waals surface area (Å²) in [5.41, 5.74) is 1.79. The van der Waals surface area contributed by atoms with E-state index in [1.165, 1.54) is 12.1 Å². The van der Waals surface area contributed by atoms with Gasteiger partial charge in [0.05, 0.1) is 11.5 Å². The molecule has 1 saturated carbocycles. The lowest BCUT2D eigenvalue weighted by Crippen LogP contribution is -2.41. The van der Waals surface area contributed by atoms with Crippen LogP contribution in [0.1, 0.15) is 29.9 Å². The first-order chi connectivity index (χ1) is 12.1. The Bertz CT molecular complexity index is 771. The molecule has 2 aromatic carbocycles. The fourth-order valence-electron chi connectivity index (χ4n) is 3.72. The van der Waals surface area contributed by atoms with Crippen LogP contribution in [0.25, 0.3) is 0 Å². The zero-order valence-corrected chi connectivity index (χ0v) is 14.5. The average molecular weight is 359 g/mol. The molecule has 130 valence electrons. The van der Waals surface area contributed by atoms with Crippen molar-refractivity contribution in [1.29, 1.82) is 0 Å². The fraction of sp³-hybridized carbons (Fsp3) is 0.350. The largest absolute Gasteiger partial charge is 0.346 e. The Balaban J connectivity index is 1.50. The van der Waals surface area contributed by atoms with Crippen LogP contribution in [0.2, 0.25) is 5.02 Å². The molecular formula is C20H20ClFN2O. The maximum Gasteiger partial charge on any atom is 0.225 e. The van der Waals surface area contributed by atoms with Crippen LogP contribution in [0.4, 0.5) is 4.39 Å². The number of carbonyl (C=O) groups is 1. The van der Waals surface area contributed by atoms with Gasteiger partial charge in [-0.3, -0.25) is 4.79 Å². The second kappa shape index (κ2) is 6.43. The molecule has 2 N–H and O–H groups in total. The van der Waals surface area contributed by atoms with Crippen molar-refractivity contribution in [3.05, 3.63) is 70.5 Å². The molecule has 4 rings (SSSR count). The Hall–Kier alpha value is -1.91. The Morgan fingerprint density at radius 2 is 1.76 bits per heavy atom. The maximum atomic E-state index is 13.2. The highest BCUT2D eigenvalue weighted by Gasteiger charge is 2.47. The lowest BCUT2D eigenvalue weighted by atomic mass is 9.88. The molecule has 2 aromatic rings. The van der Waals surface area contributed by atoms with Crippen LogP contribution in [0, 0.1) is 11.7 Å². The van der Waals surface area contributed by atoms with Crippen LogP contribution in [-0.4, -0.2) is 19.0 Å². The first kappa shape index (κ1) is 16.6. The number of amides is 1. The van der Waals surface area contributed by atoms with Gasteiger partial charge in [0.1, 0.15) is 5.82 Å². The minimum Gasteiger partial charge on any atom is -0.346 e. The normalized spacial score (nSPS) is 24.1. The first-order valence-corrected chi connectivity index (χ1v) is 8.99. The molecule has 0 bridgehead atoms. The zero-order chi connectivity index (χ0) is 17.4. The molecule has 1 aliphatic carbocycles. The van der Waals surface area contributed by atoms with E-state index in [1.807, 2.05) is 24.3 Å². The van der Waals surface area contributed by atoms with Gasteiger partial charge >= 0.3 is 0 Å². The Labute approximate surface area is 151 Å². The van der Waals surface area contributed by atoms with Crippen LogP contribution in [0.5, 0.6) is 0 Å². The summed E-state index contributed by atoms with van der Waals surface area (Å²) in [5.74, 6) is -0.166. The van der Waals surface area contributed by atoms with E-state index >= 15 is 0 Å². The molecule has 3 nitrogen and oxygen atoms in total. The van der Waals surface area contributed by atoms with E-state index in [4.69, 9.17) is 11.6 Å². The van der Waals surface area contributed by atoms with Crippen LogP contribution in [0.3, 0.4) is 0 Å². The van der Waals surface area contributed by atoms with Crippen molar-refractivity contribution in [3.8, 4) is 0 Å². The third kappa shape index (κ3) is 3.29. The highest BCUT2D eigenvalue weighted by atomic mass is 35.5. The average Bonchev–Trinajstić information content (AvgIpc) is 3.21. The smallest absolute Gasteiger partial charge is 0.225 e. The second-order valence-electron chi connectivity index (χ2n) is 7.00. The molecule has 2 aliphatic rings. The summed E-state index contributed by atoms with van der Waals surface area (Å²) in [7, 11) is 0. The minimum absolute atomic E-state index is 0.0618. The van der Waals surface area contributed by atoms with E-state index < -0.39 is 0 Å². The summed E-state index contributed by atoms with van der Waals surface area (Å²) in [6.07, 6.45) is 1.80. The number of hydrogen-bond donors (Lipinski definition) is 2. The number of rotatable bonds is 4. The topological polar surface area (TPSA) is 41.1 Å². The van der Waals surface area contributed by atoms with Crippen molar-refractivity contribution < 1.29 is 9.18 Å². The molecule has 25 heavy (non-hydrogen) atoms. The fourth-order valence-corrected chi connectivity index (χ4v) is 3.85. The van der Waals surface area contributed by atoms with E-state index in [0.29, 0.717) is 11.6 Å².